The molecule has 13 heavy (non-hydrogen) atoms. The number of fused-ring (bicyclic) bond motifs is 2. The van der Waals surface area contributed by atoms with E-state index in [1.54, 1.807) is 0 Å². The highest BCUT2D eigenvalue weighted by Gasteiger charge is 2.52. The van der Waals surface area contributed by atoms with Crippen molar-refractivity contribution in [3.63, 3.8) is 0 Å². The molecule has 0 aromatic carbocycles. The van der Waals surface area contributed by atoms with Crippen molar-refractivity contribution in [1.29, 1.82) is 0 Å². The molecule has 3 atom stereocenters. The van der Waals surface area contributed by atoms with E-state index in [2.05, 4.69) is 19.2 Å². The van der Waals surface area contributed by atoms with Gasteiger partial charge in [-0.2, -0.15) is 0 Å². The van der Waals surface area contributed by atoms with Gasteiger partial charge in [0.2, 0.25) is 0 Å². The molecule has 2 saturated heterocycles. The van der Waals surface area contributed by atoms with Gasteiger partial charge in [-0.15, -0.1) is 0 Å². The van der Waals surface area contributed by atoms with Crippen LogP contribution in [0.3, 0.4) is 0 Å². The third kappa shape index (κ3) is 1.58. The zero-order valence-electron chi connectivity index (χ0n) is 8.19. The first kappa shape index (κ1) is 9.38. The summed E-state index contributed by atoms with van der Waals surface area (Å²) in [6.07, 6.45) is 1.64. The van der Waals surface area contributed by atoms with Crippen molar-refractivity contribution < 1.29 is 8.78 Å². The van der Waals surface area contributed by atoms with Crippen molar-refractivity contribution in [2.24, 2.45) is 11.8 Å². The Labute approximate surface area is 77.9 Å². The van der Waals surface area contributed by atoms with Gasteiger partial charge in [-0.25, -0.2) is 8.78 Å². The lowest BCUT2D eigenvalue weighted by molar-refractivity contribution is -0.0161. The third-order valence-electron chi connectivity index (χ3n) is 3.53. The fraction of sp³-hybridized carbons (Fsp3) is 1.00. The van der Waals surface area contributed by atoms with Crippen molar-refractivity contribution in [3.8, 4) is 0 Å². The monoisotopic (exact) mass is 189 g/mol. The molecule has 2 fully saturated rings. The highest BCUT2D eigenvalue weighted by atomic mass is 19.3. The van der Waals surface area contributed by atoms with Gasteiger partial charge < -0.3 is 5.32 Å². The van der Waals surface area contributed by atoms with Crippen LogP contribution in [0, 0.1) is 11.8 Å². The Morgan fingerprint density at radius 1 is 1.31 bits per heavy atom. The quantitative estimate of drug-likeness (QED) is 0.668. The van der Waals surface area contributed by atoms with E-state index >= 15 is 0 Å². The molecule has 2 bridgehead atoms. The number of nitrogens with one attached hydrogen (secondary N) is 1. The molecule has 0 aromatic rings. The van der Waals surface area contributed by atoms with Crippen LogP contribution < -0.4 is 5.32 Å². The van der Waals surface area contributed by atoms with Gasteiger partial charge in [-0.1, -0.05) is 13.8 Å². The topological polar surface area (TPSA) is 12.0 Å². The molecule has 76 valence electrons. The highest BCUT2D eigenvalue weighted by Crippen LogP contribution is 2.43. The van der Waals surface area contributed by atoms with Crippen LogP contribution in [0.2, 0.25) is 0 Å². The Morgan fingerprint density at radius 2 is 2.00 bits per heavy atom. The number of alkyl halides is 2. The van der Waals surface area contributed by atoms with Crippen LogP contribution in [0.15, 0.2) is 0 Å². The Bertz CT molecular complexity index is 203. The molecule has 3 heteroatoms. The van der Waals surface area contributed by atoms with E-state index in [4.69, 9.17) is 0 Å². The van der Waals surface area contributed by atoms with E-state index in [1.165, 1.54) is 0 Å². The van der Waals surface area contributed by atoms with Crippen LogP contribution in [0.25, 0.3) is 0 Å². The van der Waals surface area contributed by atoms with Crippen molar-refractivity contribution in [3.05, 3.63) is 0 Å². The maximum Gasteiger partial charge on any atom is 0.264 e. The first-order valence-corrected chi connectivity index (χ1v) is 5.13. The average molecular weight is 189 g/mol. The molecule has 2 aliphatic rings. The SMILES string of the molecule is CC(C)[C@H]1C[C@@H]2CC(F)(F)[C@H](C1)N2. The van der Waals surface area contributed by atoms with Crippen molar-refractivity contribution in [2.45, 2.75) is 51.1 Å². The van der Waals surface area contributed by atoms with Gasteiger partial charge >= 0.3 is 0 Å². The summed E-state index contributed by atoms with van der Waals surface area (Å²) in [5, 5.41) is 3.02. The van der Waals surface area contributed by atoms with E-state index in [-0.39, 0.29) is 12.5 Å². The van der Waals surface area contributed by atoms with Crippen molar-refractivity contribution in [1.82, 2.24) is 5.32 Å². The number of hydrogen-bond acceptors (Lipinski definition) is 1. The van der Waals surface area contributed by atoms with Crippen LogP contribution >= 0.6 is 0 Å². The Balaban J connectivity index is 2.08. The number of rotatable bonds is 1. The molecular weight excluding hydrogens is 172 g/mol. The molecule has 1 nitrogen and oxygen atoms in total. The molecule has 2 aliphatic heterocycles. The number of halogens is 2. The second-order valence-electron chi connectivity index (χ2n) is 4.86. The minimum absolute atomic E-state index is 0.0564. The van der Waals surface area contributed by atoms with Crippen molar-refractivity contribution in [2.75, 3.05) is 0 Å². The summed E-state index contributed by atoms with van der Waals surface area (Å²) in [7, 11) is 0. The Kier molecular flexibility index (Phi) is 2.10. The Morgan fingerprint density at radius 3 is 2.54 bits per heavy atom. The summed E-state index contributed by atoms with van der Waals surface area (Å²) in [6, 6.07) is -0.472. The van der Waals surface area contributed by atoms with Gasteiger partial charge in [-0.3, -0.25) is 0 Å². The van der Waals surface area contributed by atoms with Gasteiger partial charge in [0.25, 0.3) is 5.92 Å². The predicted molar refractivity (Wildman–Crippen MR) is 47.8 cm³/mol. The fourth-order valence-electron chi connectivity index (χ4n) is 2.64. The van der Waals surface area contributed by atoms with Gasteiger partial charge in [-0.05, 0) is 24.7 Å². The van der Waals surface area contributed by atoms with Gasteiger partial charge in [0.05, 0.1) is 6.04 Å². The van der Waals surface area contributed by atoms with E-state index in [1.807, 2.05) is 0 Å². The fourth-order valence-corrected chi connectivity index (χ4v) is 2.64. The summed E-state index contributed by atoms with van der Waals surface area (Å²) in [4.78, 5) is 0. The van der Waals surface area contributed by atoms with Gasteiger partial charge in [0.1, 0.15) is 0 Å². The van der Waals surface area contributed by atoms with E-state index in [0.717, 1.165) is 6.42 Å². The van der Waals surface area contributed by atoms with Crippen LogP contribution in [0.1, 0.15) is 33.1 Å². The molecule has 2 heterocycles. The lowest BCUT2D eigenvalue weighted by atomic mass is 9.84. The second-order valence-corrected chi connectivity index (χ2v) is 4.86. The molecule has 0 unspecified atom stereocenters. The average Bonchev–Trinajstić information content (AvgIpc) is 2.21. The number of piperidine rings is 1. The number of hydrogen-bond donors (Lipinski definition) is 1. The minimum atomic E-state index is -2.45. The molecule has 0 aromatic heterocycles. The second kappa shape index (κ2) is 2.91. The predicted octanol–water partition coefficient (Wildman–Crippen LogP) is 2.42. The third-order valence-corrected chi connectivity index (χ3v) is 3.53. The standard InChI is InChI=1S/C10H17F2N/c1-6(2)7-3-8-5-10(11,12)9(4-7)13-8/h6-9,13H,3-5H2,1-2H3/t7-,8+,9-/m0/s1. The summed E-state index contributed by atoms with van der Waals surface area (Å²) in [6.45, 7) is 4.27. The van der Waals surface area contributed by atoms with Crippen molar-refractivity contribution >= 4 is 0 Å². The van der Waals surface area contributed by atoms with Gasteiger partial charge in [0.15, 0.2) is 0 Å². The summed E-state index contributed by atoms with van der Waals surface area (Å²) >= 11 is 0. The summed E-state index contributed by atoms with van der Waals surface area (Å²) < 4.78 is 26.5. The van der Waals surface area contributed by atoms with Crippen LogP contribution in [0.5, 0.6) is 0 Å². The minimum Gasteiger partial charge on any atom is -0.306 e. The molecule has 0 radical (unpaired) electrons. The van der Waals surface area contributed by atoms with E-state index < -0.39 is 12.0 Å². The van der Waals surface area contributed by atoms with E-state index in [9.17, 15) is 8.78 Å². The van der Waals surface area contributed by atoms with Gasteiger partial charge in [0, 0.05) is 12.5 Å². The molecule has 0 spiro atoms. The van der Waals surface area contributed by atoms with Crippen LogP contribution in [0.4, 0.5) is 8.78 Å². The molecule has 1 N–H and O–H groups in total. The normalized spacial score (nSPS) is 42.7. The molecular formula is C10H17F2N. The first-order valence-electron chi connectivity index (χ1n) is 5.13. The lowest BCUT2D eigenvalue weighted by Crippen LogP contribution is -2.43. The largest absolute Gasteiger partial charge is 0.306 e. The molecule has 0 aliphatic carbocycles. The zero-order valence-corrected chi connectivity index (χ0v) is 8.19. The smallest absolute Gasteiger partial charge is 0.264 e. The Hall–Kier alpha value is -0.180. The molecule has 0 amide bonds. The summed E-state index contributed by atoms with van der Waals surface area (Å²) in [5.74, 6) is -1.42. The molecule has 0 saturated carbocycles. The highest BCUT2D eigenvalue weighted by molar-refractivity contribution is 5.02. The molecule has 2 rings (SSSR count). The summed E-state index contributed by atoms with van der Waals surface area (Å²) in [5.41, 5.74) is 0. The maximum atomic E-state index is 13.3. The maximum absolute atomic E-state index is 13.3. The van der Waals surface area contributed by atoms with Crippen LogP contribution in [-0.2, 0) is 0 Å². The lowest BCUT2D eigenvalue weighted by Gasteiger charge is -2.31. The van der Waals surface area contributed by atoms with E-state index in [0.29, 0.717) is 18.3 Å². The zero-order chi connectivity index (χ0) is 9.64. The first-order chi connectivity index (χ1) is 5.99. The van der Waals surface area contributed by atoms with Crippen LogP contribution in [-0.4, -0.2) is 18.0 Å².